The molecule has 1 aliphatic carbocycles. The van der Waals surface area contributed by atoms with E-state index in [4.69, 9.17) is 9.84 Å². The molecule has 1 unspecified atom stereocenters. The first-order valence-electron chi connectivity index (χ1n) is 12.6. The van der Waals surface area contributed by atoms with Crippen molar-refractivity contribution in [3.8, 4) is 11.1 Å². The van der Waals surface area contributed by atoms with Crippen LogP contribution in [0.5, 0.6) is 0 Å². The van der Waals surface area contributed by atoms with Crippen LogP contribution in [-0.4, -0.2) is 42.8 Å². The van der Waals surface area contributed by atoms with Crippen molar-refractivity contribution in [1.29, 1.82) is 0 Å². The molecule has 35 heavy (non-hydrogen) atoms. The number of nitrogens with one attached hydrogen (secondary N) is 2. The van der Waals surface area contributed by atoms with E-state index in [0.29, 0.717) is 44.7 Å². The summed E-state index contributed by atoms with van der Waals surface area (Å²) in [6.45, 7) is 3.34. The molecule has 0 aliphatic heterocycles. The lowest BCUT2D eigenvalue weighted by atomic mass is 9.96. The van der Waals surface area contributed by atoms with Crippen LogP contribution >= 0.6 is 0 Å². The normalized spacial score (nSPS) is 12.9. The zero-order valence-electron chi connectivity index (χ0n) is 20.4. The molecule has 0 fully saturated rings. The zero-order valence-corrected chi connectivity index (χ0v) is 20.4. The number of carboxylic acids is 1. The van der Waals surface area contributed by atoms with Gasteiger partial charge in [-0.25, -0.2) is 4.79 Å². The van der Waals surface area contributed by atoms with Gasteiger partial charge in [0.05, 0.1) is 0 Å². The summed E-state index contributed by atoms with van der Waals surface area (Å²) in [4.78, 5) is 34.9. The molecular weight excluding hydrogens is 444 g/mol. The minimum Gasteiger partial charge on any atom is -0.481 e. The Morgan fingerprint density at radius 1 is 0.886 bits per heavy atom. The maximum atomic E-state index is 12.2. The number of benzene rings is 2. The average molecular weight is 481 g/mol. The van der Waals surface area contributed by atoms with E-state index < -0.39 is 12.1 Å². The Bertz CT molecular complexity index is 961. The standard InChI is InChI=1S/C28H36N2O5/c1-2-20(14-15-27(32)33)16-18-29-26(31)13-7-8-17-30-28(34)35-19-25-23-11-5-3-9-21(23)22-10-4-6-12-24(22)25/h3-6,9-12,20,25H,2,7-8,13-19H2,1H3,(H,29,31)(H,30,34)(H,32,33). The van der Waals surface area contributed by atoms with E-state index in [9.17, 15) is 14.4 Å². The van der Waals surface area contributed by atoms with E-state index >= 15 is 0 Å². The predicted octanol–water partition coefficient (Wildman–Crippen LogP) is 5.09. The topological polar surface area (TPSA) is 105 Å². The van der Waals surface area contributed by atoms with Gasteiger partial charge < -0.3 is 20.5 Å². The lowest BCUT2D eigenvalue weighted by molar-refractivity contribution is -0.137. The van der Waals surface area contributed by atoms with Gasteiger partial charge in [0.2, 0.25) is 5.91 Å². The van der Waals surface area contributed by atoms with Crippen LogP contribution in [0.4, 0.5) is 4.79 Å². The third kappa shape index (κ3) is 7.84. The Labute approximate surface area is 207 Å². The molecule has 0 radical (unpaired) electrons. The Hall–Kier alpha value is -3.35. The van der Waals surface area contributed by atoms with Crippen LogP contribution in [0.3, 0.4) is 0 Å². The first-order chi connectivity index (χ1) is 17.0. The second kappa shape index (κ2) is 13.5. The first kappa shape index (κ1) is 26.3. The van der Waals surface area contributed by atoms with E-state index in [1.807, 2.05) is 31.2 Å². The van der Waals surface area contributed by atoms with Crippen molar-refractivity contribution in [2.45, 2.75) is 57.8 Å². The lowest BCUT2D eigenvalue weighted by Crippen LogP contribution is -2.28. The highest BCUT2D eigenvalue weighted by molar-refractivity contribution is 5.79. The summed E-state index contributed by atoms with van der Waals surface area (Å²) >= 11 is 0. The molecule has 0 heterocycles. The van der Waals surface area contributed by atoms with E-state index in [0.717, 1.165) is 12.8 Å². The minimum absolute atomic E-state index is 0.0146. The highest BCUT2D eigenvalue weighted by atomic mass is 16.5. The molecule has 0 spiro atoms. The average Bonchev–Trinajstić information content (AvgIpc) is 3.18. The highest BCUT2D eigenvalue weighted by Gasteiger charge is 2.28. The van der Waals surface area contributed by atoms with Gasteiger partial charge in [0.25, 0.3) is 0 Å². The van der Waals surface area contributed by atoms with Gasteiger partial charge in [-0.2, -0.15) is 0 Å². The van der Waals surface area contributed by atoms with Crippen molar-refractivity contribution >= 4 is 18.0 Å². The van der Waals surface area contributed by atoms with Crippen molar-refractivity contribution < 1.29 is 24.2 Å². The summed E-state index contributed by atoms with van der Waals surface area (Å²) < 4.78 is 5.52. The Kier molecular flexibility index (Phi) is 10.1. The predicted molar refractivity (Wildman–Crippen MR) is 135 cm³/mol. The minimum atomic E-state index is -0.779. The van der Waals surface area contributed by atoms with Gasteiger partial charge >= 0.3 is 12.1 Å². The maximum absolute atomic E-state index is 12.2. The van der Waals surface area contributed by atoms with Crippen LogP contribution in [0, 0.1) is 5.92 Å². The summed E-state index contributed by atoms with van der Waals surface area (Å²) in [6, 6.07) is 16.4. The second-order valence-corrected chi connectivity index (χ2v) is 9.05. The molecule has 3 rings (SSSR count). The third-order valence-corrected chi connectivity index (χ3v) is 6.66. The fourth-order valence-electron chi connectivity index (χ4n) is 4.63. The molecule has 0 saturated carbocycles. The smallest absolute Gasteiger partial charge is 0.407 e. The number of aliphatic carboxylic acids is 1. The molecule has 0 bridgehead atoms. The molecule has 7 heteroatoms. The van der Waals surface area contributed by atoms with Gasteiger partial charge in [-0.15, -0.1) is 0 Å². The molecule has 0 saturated heterocycles. The number of carbonyl (C=O) groups is 3. The summed E-state index contributed by atoms with van der Waals surface area (Å²) in [7, 11) is 0. The first-order valence-corrected chi connectivity index (χ1v) is 12.6. The molecule has 2 aromatic carbocycles. The van der Waals surface area contributed by atoms with E-state index in [-0.39, 0.29) is 24.9 Å². The van der Waals surface area contributed by atoms with Crippen molar-refractivity contribution in [1.82, 2.24) is 10.6 Å². The number of rotatable bonds is 14. The largest absolute Gasteiger partial charge is 0.481 e. The molecule has 2 amide bonds. The Morgan fingerprint density at radius 3 is 2.17 bits per heavy atom. The zero-order chi connectivity index (χ0) is 25.0. The SMILES string of the molecule is CCC(CCNC(=O)CCCCNC(=O)OCC1c2ccccc2-c2ccccc21)CCC(=O)O. The fraction of sp³-hybridized carbons (Fsp3) is 0.464. The quantitative estimate of drug-likeness (QED) is 0.327. The van der Waals surface area contributed by atoms with Crippen LogP contribution < -0.4 is 10.6 Å². The molecule has 188 valence electrons. The van der Waals surface area contributed by atoms with E-state index in [1.54, 1.807) is 0 Å². The van der Waals surface area contributed by atoms with Gasteiger partial charge in [0, 0.05) is 31.8 Å². The number of amides is 2. The Morgan fingerprint density at radius 2 is 1.54 bits per heavy atom. The summed E-state index contributed by atoms with van der Waals surface area (Å²) in [6.07, 6.45) is 3.83. The molecule has 1 atom stereocenters. The van der Waals surface area contributed by atoms with Gasteiger partial charge in [-0.05, 0) is 53.9 Å². The van der Waals surface area contributed by atoms with Crippen LogP contribution in [0.1, 0.15) is 68.9 Å². The van der Waals surface area contributed by atoms with Crippen molar-refractivity contribution in [3.05, 3.63) is 59.7 Å². The third-order valence-electron chi connectivity index (χ3n) is 6.66. The van der Waals surface area contributed by atoms with Gasteiger partial charge in [0.1, 0.15) is 6.61 Å². The van der Waals surface area contributed by atoms with Gasteiger partial charge in [-0.1, -0.05) is 61.9 Å². The number of ether oxygens (including phenoxy) is 1. The molecule has 3 N–H and O–H groups in total. The number of hydrogen-bond acceptors (Lipinski definition) is 4. The van der Waals surface area contributed by atoms with Gasteiger partial charge in [-0.3, -0.25) is 9.59 Å². The number of fused-ring (bicyclic) bond motifs is 3. The van der Waals surface area contributed by atoms with E-state index in [2.05, 4.69) is 34.9 Å². The maximum Gasteiger partial charge on any atom is 0.407 e. The van der Waals surface area contributed by atoms with Crippen LogP contribution in [0.2, 0.25) is 0 Å². The van der Waals surface area contributed by atoms with Crippen molar-refractivity contribution in [3.63, 3.8) is 0 Å². The van der Waals surface area contributed by atoms with Crippen LogP contribution in [0.25, 0.3) is 11.1 Å². The second-order valence-electron chi connectivity index (χ2n) is 9.05. The number of unbranched alkanes of at least 4 members (excludes halogenated alkanes) is 1. The Balaban J connectivity index is 1.28. The summed E-state index contributed by atoms with van der Waals surface area (Å²) in [5, 5.41) is 14.5. The van der Waals surface area contributed by atoms with E-state index in [1.165, 1.54) is 22.3 Å². The monoisotopic (exact) mass is 480 g/mol. The van der Waals surface area contributed by atoms with Crippen LogP contribution in [0.15, 0.2) is 48.5 Å². The molecule has 2 aromatic rings. The molecule has 0 aromatic heterocycles. The number of hydrogen-bond donors (Lipinski definition) is 3. The van der Waals surface area contributed by atoms with Crippen molar-refractivity contribution in [2.24, 2.45) is 5.92 Å². The number of alkyl carbamates (subject to hydrolysis) is 1. The fourth-order valence-corrected chi connectivity index (χ4v) is 4.63. The summed E-state index contributed by atoms with van der Waals surface area (Å²) in [5.74, 6) is -0.445. The lowest BCUT2D eigenvalue weighted by Gasteiger charge is -2.15. The summed E-state index contributed by atoms with van der Waals surface area (Å²) in [5.41, 5.74) is 4.75. The number of carbonyl (C=O) groups excluding carboxylic acids is 2. The molecule has 7 nitrogen and oxygen atoms in total. The molecule has 1 aliphatic rings. The van der Waals surface area contributed by atoms with Crippen LogP contribution in [-0.2, 0) is 14.3 Å². The van der Waals surface area contributed by atoms with Crippen molar-refractivity contribution in [2.75, 3.05) is 19.7 Å². The van der Waals surface area contributed by atoms with Gasteiger partial charge in [0.15, 0.2) is 0 Å². The highest BCUT2D eigenvalue weighted by Crippen LogP contribution is 2.44. The molecular formula is C28H36N2O5. The number of carboxylic acid groups (broad SMARTS) is 1.